The van der Waals surface area contributed by atoms with Gasteiger partial charge in [-0.25, -0.2) is 0 Å². The molecule has 1 aliphatic heterocycles. The van der Waals surface area contributed by atoms with E-state index < -0.39 is 23.5 Å². The number of amides is 1. The van der Waals surface area contributed by atoms with E-state index in [1.165, 1.54) is 19.1 Å². The molecule has 38 heavy (non-hydrogen) atoms. The van der Waals surface area contributed by atoms with Crippen LogP contribution < -0.4 is 19.3 Å². The number of hydrogen-bond donors (Lipinski definition) is 1. The highest BCUT2D eigenvalue weighted by Gasteiger charge is 2.45. The summed E-state index contributed by atoms with van der Waals surface area (Å²) in [6.07, 6.45) is 0. The van der Waals surface area contributed by atoms with E-state index in [4.69, 9.17) is 25.5 Å². The predicted octanol–water partition coefficient (Wildman–Crippen LogP) is 5.95. The zero-order valence-corrected chi connectivity index (χ0v) is 21.9. The SMILES string of the molecule is COc1ccc(N2C(=O)C(O)=C(C(=O)c3cc4cccc(OC)c4o3)C2c2ccc(N(C)C)cc2)cc1Cl. The van der Waals surface area contributed by atoms with Crippen LogP contribution in [-0.4, -0.2) is 45.1 Å². The summed E-state index contributed by atoms with van der Waals surface area (Å²) >= 11 is 6.37. The Bertz CT molecular complexity index is 1590. The van der Waals surface area contributed by atoms with Crippen molar-refractivity contribution >= 4 is 45.6 Å². The number of furan rings is 1. The lowest BCUT2D eigenvalue weighted by Crippen LogP contribution is -2.31. The molecule has 0 bridgehead atoms. The number of aliphatic hydroxyl groups excluding tert-OH is 1. The van der Waals surface area contributed by atoms with E-state index in [0.29, 0.717) is 33.7 Å². The number of methoxy groups -OCH3 is 2. The molecule has 0 spiro atoms. The Kier molecular flexibility index (Phi) is 6.50. The molecule has 5 rings (SSSR count). The van der Waals surface area contributed by atoms with E-state index in [9.17, 15) is 14.7 Å². The monoisotopic (exact) mass is 532 g/mol. The average Bonchev–Trinajstić information content (AvgIpc) is 3.47. The second kappa shape index (κ2) is 9.79. The highest BCUT2D eigenvalue weighted by Crippen LogP contribution is 2.44. The number of carbonyl (C=O) groups excluding carboxylic acids is 2. The van der Waals surface area contributed by atoms with Gasteiger partial charge in [-0.3, -0.25) is 14.5 Å². The lowest BCUT2D eigenvalue weighted by Gasteiger charge is -2.27. The fourth-order valence-corrected chi connectivity index (χ4v) is 4.87. The molecule has 0 saturated carbocycles. The number of anilines is 2. The fraction of sp³-hybridized carbons (Fsp3) is 0.172. The Hall–Kier alpha value is -4.43. The van der Waals surface area contributed by atoms with E-state index in [1.807, 2.05) is 43.3 Å². The van der Waals surface area contributed by atoms with Gasteiger partial charge in [-0.05, 0) is 48.0 Å². The standard InChI is InChI=1S/C29H25ClN2O6/c1-31(2)18-10-8-16(9-11-18)25-24(26(33)23-14-17-6-5-7-22(37-4)28(17)38-23)27(34)29(35)32(25)19-12-13-21(36-3)20(30)15-19/h5-15,25,34H,1-4H3. The highest BCUT2D eigenvalue weighted by atomic mass is 35.5. The zero-order chi connectivity index (χ0) is 27.1. The first-order valence-electron chi connectivity index (χ1n) is 11.7. The number of nitrogens with zero attached hydrogens (tertiary/aromatic N) is 2. The van der Waals surface area contributed by atoms with E-state index in [2.05, 4.69) is 0 Å². The van der Waals surface area contributed by atoms with Crippen molar-refractivity contribution in [3.05, 3.63) is 94.4 Å². The van der Waals surface area contributed by atoms with Gasteiger partial charge < -0.3 is 23.9 Å². The number of fused-ring (bicyclic) bond motifs is 1. The van der Waals surface area contributed by atoms with E-state index in [1.54, 1.807) is 42.5 Å². The van der Waals surface area contributed by atoms with E-state index in [-0.39, 0.29) is 16.4 Å². The van der Waals surface area contributed by atoms with Gasteiger partial charge in [-0.15, -0.1) is 0 Å². The highest BCUT2D eigenvalue weighted by molar-refractivity contribution is 6.32. The van der Waals surface area contributed by atoms with Gasteiger partial charge >= 0.3 is 0 Å². The van der Waals surface area contributed by atoms with Crippen molar-refractivity contribution < 1.29 is 28.6 Å². The molecule has 2 heterocycles. The summed E-state index contributed by atoms with van der Waals surface area (Å²) in [5.74, 6) is -1.13. The van der Waals surface area contributed by atoms with Crippen LogP contribution in [0, 0.1) is 0 Å². The molecule has 4 aromatic rings. The molecule has 1 aromatic heterocycles. The van der Waals surface area contributed by atoms with Gasteiger partial charge in [0.2, 0.25) is 5.78 Å². The number of aliphatic hydroxyl groups is 1. The predicted molar refractivity (Wildman–Crippen MR) is 146 cm³/mol. The molecule has 0 fully saturated rings. The van der Waals surface area contributed by atoms with Crippen molar-refractivity contribution in [2.45, 2.75) is 6.04 Å². The first-order chi connectivity index (χ1) is 18.2. The maximum Gasteiger partial charge on any atom is 0.294 e. The van der Waals surface area contributed by atoms with Crippen molar-refractivity contribution in [3.8, 4) is 11.5 Å². The second-order valence-electron chi connectivity index (χ2n) is 8.96. The molecule has 194 valence electrons. The number of halogens is 1. The first-order valence-corrected chi connectivity index (χ1v) is 12.1. The number of benzene rings is 3. The third-order valence-corrected chi connectivity index (χ3v) is 6.84. The molecule has 8 nitrogen and oxygen atoms in total. The number of hydrogen-bond acceptors (Lipinski definition) is 7. The maximum absolute atomic E-state index is 13.9. The molecule has 1 aliphatic rings. The Balaban J connectivity index is 1.65. The molecule has 1 unspecified atom stereocenters. The van der Waals surface area contributed by atoms with E-state index >= 15 is 0 Å². The fourth-order valence-electron chi connectivity index (χ4n) is 4.62. The number of Topliss-reactive ketones (excluding diaryl/α,β-unsaturated/α-hetero) is 1. The van der Waals surface area contributed by atoms with Crippen molar-refractivity contribution in [2.75, 3.05) is 38.1 Å². The van der Waals surface area contributed by atoms with Crippen LogP contribution >= 0.6 is 11.6 Å². The molecule has 3 aromatic carbocycles. The Morgan fingerprint density at radius 2 is 1.71 bits per heavy atom. The van der Waals surface area contributed by atoms with Crippen LogP contribution in [0.3, 0.4) is 0 Å². The summed E-state index contributed by atoms with van der Waals surface area (Å²) in [4.78, 5) is 30.7. The maximum atomic E-state index is 13.9. The summed E-state index contributed by atoms with van der Waals surface area (Å²) in [7, 11) is 6.82. The van der Waals surface area contributed by atoms with Crippen molar-refractivity contribution in [1.29, 1.82) is 0 Å². The molecule has 0 aliphatic carbocycles. The summed E-state index contributed by atoms with van der Waals surface area (Å²) in [5.41, 5.74) is 2.24. The van der Waals surface area contributed by atoms with Crippen LogP contribution in [0.15, 0.2) is 82.5 Å². The molecule has 1 atom stereocenters. The third kappa shape index (κ3) is 4.13. The van der Waals surface area contributed by atoms with Gasteiger partial charge in [0.15, 0.2) is 22.9 Å². The first kappa shape index (κ1) is 25.2. The van der Waals surface area contributed by atoms with Gasteiger partial charge in [0, 0.05) is 30.9 Å². The van der Waals surface area contributed by atoms with Crippen LogP contribution in [0.4, 0.5) is 11.4 Å². The molecule has 1 N–H and O–H groups in total. The molecule has 0 saturated heterocycles. The summed E-state index contributed by atoms with van der Waals surface area (Å²) in [5, 5.41) is 12.0. The lowest BCUT2D eigenvalue weighted by atomic mass is 9.94. The number of para-hydroxylation sites is 1. The van der Waals surface area contributed by atoms with Crippen molar-refractivity contribution in [3.63, 3.8) is 0 Å². The minimum Gasteiger partial charge on any atom is -0.503 e. The number of ether oxygens (including phenoxy) is 2. The average molecular weight is 533 g/mol. The van der Waals surface area contributed by atoms with Crippen LogP contribution in [0.5, 0.6) is 11.5 Å². The number of carbonyl (C=O) groups is 2. The topological polar surface area (TPSA) is 92.5 Å². The molecular formula is C29H25ClN2O6. The lowest BCUT2D eigenvalue weighted by molar-refractivity contribution is -0.117. The van der Waals surface area contributed by atoms with Crippen LogP contribution in [0.2, 0.25) is 5.02 Å². The zero-order valence-electron chi connectivity index (χ0n) is 21.2. The number of ketones is 1. The summed E-state index contributed by atoms with van der Waals surface area (Å²) in [6, 6.07) is 18.2. The quantitative estimate of drug-likeness (QED) is 0.294. The molecular weight excluding hydrogens is 508 g/mol. The Morgan fingerprint density at radius 3 is 2.34 bits per heavy atom. The molecule has 1 amide bonds. The Morgan fingerprint density at radius 1 is 1.00 bits per heavy atom. The van der Waals surface area contributed by atoms with Gasteiger partial charge in [0.1, 0.15) is 5.75 Å². The Labute approximate surface area is 224 Å². The molecule has 9 heteroatoms. The van der Waals surface area contributed by atoms with Gasteiger partial charge in [-0.1, -0.05) is 35.9 Å². The van der Waals surface area contributed by atoms with Crippen molar-refractivity contribution in [1.82, 2.24) is 0 Å². The minimum atomic E-state index is -0.939. The summed E-state index contributed by atoms with van der Waals surface area (Å²) < 4.78 is 16.5. The third-order valence-electron chi connectivity index (χ3n) is 6.54. The summed E-state index contributed by atoms with van der Waals surface area (Å²) in [6.45, 7) is 0. The number of rotatable bonds is 7. The smallest absolute Gasteiger partial charge is 0.294 e. The second-order valence-corrected chi connectivity index (χ2v) is 9.37. The largest absolute Gasteiger partial charge is 0.503 e. The molecule has 0 radical (unpaired) electrons. The van der Waals surface area contributed by atoms with Gasteiger partial charge in [0.05, 0.1) is 30.9 Å². The van der Waals surface area contributed by atoms with Gasteiger partial charge in [0.25, 0.3) is 5.91 Å². The van der Waals surface area contributed by atoms with Crippen molar-refractivity contribution in [2.24, 2.45) is 0 Å². The van der Waals surface area contributed by atoms with Gasteiger partial charge in [-0.2, -0.15) is 0 Å². The van der Waals surface area contributed by atoms with Crippen LogP contribution in [-0.2, 0) is 4.79 Å². The van der Waals surface area contributed by atoms with Crippen LogP contribution in [0.25, 0.3) is 11.0 Å². The normalized spacial score (nSPS) is 15.3. The van der Waals surface area contributed by atoms with Crippen LogP contribution in [0.1, 0.15) is 22.2 Å². The van der Waals surface area contributed by atoms with E-state index in [0.717, 1.165) is 5.69 Å². The minimum absolute atomic E-state index is 0.0247.